The van der Waals surface area contributed by atoms with Gasteiger partial charge in [0.25, 0.3) is 5.91 Å². The van der Waals surface area contributed by atoms with Crippen LogP contribution in [-0.2, 0) is 0 Å². The summed E-state index contributed by atoms with van der Waals surface area (Å²) < 4.78 is 0. The summed E-state index contributed by atoms with van der Waals surface area (Å²) in [5, 5.41) is 3.51. The first-order valence-electron chi connectivity index (χ1n) is 4.80. The largest absolute Gasteiger partial charge is 0.306 e. The number of hydrogen-bond acceptors (Lipinski definition) is 3. The highest BCUT2D eigenvalue weighted by atomic mass is 35.5. The minimum absolute atomic E-state index is 0.234. The van der Waals surface area contributed by atoms with E-state index in [1.54, 1.807) is 12.1 Å². The number of carbonyl (C=O) groups excluding carboxylic acids is 1. The molecule has 1 aromatic heterocycles. The fraction of sp³-hybridized carbons (Fsp3) is 0. The fourth-order valence-corrected chi connectivity index (χ4v) is 1.78. The van der Waals surface area contributed by atoms with E-state index in [1.807, 2.05) is 0 Å². The van der Waals surface area contributed by atoms with E-state index in [0.29, 0.717) is 10.0 Å². The molecule has 2 aromatic rings. The summed E-state index contributed by atoms with van der Waals surface area (Å²) in [7, 11) is 0. The molecule has 0 saturated carbocycles. The zero-order chi connectivity index (χ0) is 13.1. The molecular formula is C11H6Cl3N3O. The summed E-state index contributed by atoms with van der Waals surface area (Å²) in [5.41, 5.74) is 0.263. The second kappa shape index (κ2) is 5.52. The Bertz CT molecular complexity index is 604. The second-order valence-electron chi connectivity index (χ2n) is 3.30. The maximum absolute atomic E-state index is 11.9. The van der Waals surface area contributed by atoms with Gasteiger partial charge >= 0.3 is 0 Å². The van der Waals surface area contributed by atoms with Crippen LogP contribution in [0.2, 0.25) is 15.2 Å². The van der Waals surface area contributed by atoms with E-state index in [2.05, 4.69) is 15.3 Å². The van der Waals surface area contributed by atoms with Crippen molar-refractivity contribution in [1.29, 1.82) is 0 Å². The molecule has 92 valence electrons. The lowest BCUT2D eigenvalue weighted by Crippen LogP contribution is -2.13. The lowest BCUT2D eigenvalue weighted by atomic mass is 10.2. The van der Waals surface area contributed by atoms with Gasteiger partial charge in [-0.25, -0.2) is 9.97 Å². The van der Waals surface area contributed by atoms with Gasteiger partial charge in [-0.2, -0.15) is 0 Å². The topological polar surface area (TPSA) is 54.9 Å². The van der Waals surface area contributed by atoms with Crippen molar-refractivity contribution in [2.24, 2.45) is 0 Å². The number of hydrogen-bond donors (Lipinski definition) is 1. The third kappa shape index (κ3) is 3.10. The van der Waals surface area contributed by atoms with Crippen molar-refractivity contribution in [3.05, 3.63) is 51.4 Å². The molecular weight excluding hydrogens is 296 g/mol. The van der Waals surface area contributed by atoms with E-state index >= 15 is 0 Å². The molecule has 0 bridgehead atoms. The monoisotopic (exact) mass is 301 g/mol. The first kappa shape index (κ1) is 13.1. The number of anilines is 1. The molecule has 1 N–H and O–H groups in total. The zero-order valence-electron chi connectivity index (χ0n) is 8.82. The van der Waals surface area contributed by atoms with Crippen molar-refractivity contribution >= 4 is 46.5 Å². The maximum atomic E-state index is 11.9. The molecule has 0 atom stereocenters. The number of halogens is 3. The van der Waals surface area contributed by atoms with Crippen molar-refractivity contribution in [1.82, 2.24) is 9.97 Å². The predicted molar refractivity (Wildman–Crippen MR) is 71.5 cm³/mol. The molecule has 1 amide bonds. The number of nitrogens with one attached hydrogen (secondary N) is 1. The van der Waals surface area contributed by atoms with Crippen molar-refractivity contribution in [2.45, 2.75) is 0 Å². The van der Waals surface area contributed by atoms with E-state index in [0.717, 1.165) is 0 Å². The Morgan fingerprint density at radius 2 is 1.89 bits per heavy atom. The van der Waals surface area contributed by atoms with Crippen LogP contribution in [0.25, 0.3) is 0 Å². The molecule has 1 heterocycles. The Labute approximate surface area is 118 Å². The molecule has 0 unspecified atom stereocenters. The van der Waals surface area contributed by atoms with Gasteiger partial charge in [-0.3, -0.25) is 4.79 Å². The van der Waals surface area contributed by atoms with Crippen LogP contribution in [0.1, 0.15) is 10.4 Å². The lowest BCUT2D eigenvalue weighted by molar-refractivity contribution is 0.102. The third-order valence-corrected chi connectivity index (χ3v) is 2.82. The zero-order valence-corrected chi connectivity index (χ0v) is 11.1. The SMILES string of the molecule is O=C(Nc1cc(Cl)ncn1)c1cc(Cl)ccc1Cl. The van der Waals surface area contributed by atoms with Gasteiger partial charge in [0.2, 0.25) is 0 Å². The number of rotatable bonds is 2. The number of amides is 1. The average molecular weight is 303 g/mol. The summed E-state index contributed by atoms with van der Waals surface area (Å²) in [6, 6.07) is 6.05. The smallest absolute Gasteiger partial charge is 0.258 e. The summed E-state index contributed by atoms with van der Waals surface area (Å²) in [6.45, 7) is 0. The Balaban J connectivity index is 2.24. The summed E-state index contributed by atoms with van der Waals surface area (Å²) in [4.78, 5) is 19.5. The minimum atomic E-state index is -0.419. The van der Waals surface area contributed by atoms with Crippen LogP contribution in [0.4, 0.5) is 5.82 Å². The van der Waals surface area contributed by atoms with Gasteiger partial charge < -0.3 is 5.32 Å². The van der Waals surface area contributed by atoms with Crippen LogP contribution in [0.3, 0.4) is 0 Å². The number of carbonyl (C=O) groups is 1. The molecule has 1 aromatic carbocycles. The molecule has 0 saturated heterocycles. The van der Waals surface area contributed by atoms with E-state index in [4.69, 9.17) is 34.8 Å². The van der Waals surface area contributed by atoms with Gasteiger partial charge in [0, 0.05) is 11.1 Å². The highest BCUT2D eigenvalue weighted by molar-refractivity contribution is 6.36. The highest BCUT2D eigenvalue weighted by Crippen LogP contribution is 2.21. The number of benzene rings is 1. The Kier molecular flexibility index (Phi) is 4.01. The summed E-state index contributed by atoms with van der Waals surface area (Å²) in [6.07, 6.45) is 1.25. The van der Waals surface area contributed by atoms with Crippen LogP contribution in [-0.4, -0.2) is 15.9 Å². The molecule has 2 rings (SSSR count). The van der Waals surface area contributed by atoms with Gasteiger partial charge in [-0.15, -0.1) is 0 Å². The molecule has 0 aliphatic rings. The maximum Gasteiger partial charge on any atom is 0.258 e. The quantitative estimate of drug-likeness (QED) is 0.861. The Morgan fingerprint density at radius 3 is 2.61 bits per heavy atom. The van der Waals surface area contributed by atoms with Crippen LogP contribution < -0.4 is 5.32 Å². The van der Waals surface area contributed by atoms with E-state index in [1.165, 1.54) is 18.5 Å². The van der Waals surface area contributed by atoms with E-state index < -0.39 is 5.91 Å². The second-order valence-corrected chi connectivity index (χ2v) is 4.54. The van der Waals surface area contributed by atoms with Gasteiger partial charge in [-0.1, -0.05) is 34.8 Å². The normalized spacial score (nSPS) is 10.2. The average Bonchev–Trinajstić information content (AvgIpc) is 2.32. The van der Waals surface area contributed by atoms with Crippen molar-refractivity contribution in [2.75, 3.05) is 5.32 Å². The van der Waals surface area contributed by atoms with Gasteiger partial charge in [0.05, 0.1) is 10.6 Å². The standard InChI is InChI=1S/C11H6Cl3N3O/c12-6-1-2-8(13)7(3-6)11(18)17-10-4-9(14)15-5-16-10/h1-5H,(H,15,16,17,18). The molecule has 4 nitrogen and oxygen atoms in total. The van der Waals surface area contributed by atoms with Crippen LogP contribution in [0, 0.1) is 0 Å². The fourth-order valence-electron chi connectivity index (χ4n) is 1.26. The van der Waals surface area contributed by atoms with Crippen molar-refractivity contribution in [3.63, 3.8) is 0 Å². The number of aromatic nitrogens is 2. The lowest BCUT2D eigenvalue weighted by Gasteiger charge is -2.06. The summed E-state index contributed by atoms with van der Waals surface area (Å²) >= 11 is 17.4. The minimum Gasteiger partial charge on any atom is -0.306 e. The first-order chi connectivity index (χ1) is 8.56. The van der Waals surface area contributed by atoms with Crippen molar-refractivity contribution < 1.29 is 4.79 Å². The van der Waals surface area contributed by atoms with E-state index in [-0.39, 0.29) is 16.5 Å². The molecule has 18 heavy (non-hydrogen) atoms. The molecule has 7 heteroatoms. The molecule has 0 aliphatic heterocycles. The molecule has 0 aliphatic carbocycles. The Morgan fingerprint density at radius 1 is 1.11 bits per heavy atom. The summed E-state index contributed by atoms with van der Waals surface area (Å²) in [5.74, 6) is -0.131. The molecule has 0 fully saturated rings. The molecule has 0 spiro atoms. The third-order valence-electron chi connectivity index (χ3n) is 2.05. The van der Waals surface area contributed by atoms with Crippen molar-refractivity contribution in [3.8, 4) is 0 Å². The molecule has 0 radical (unpaired) electrons. The highest BCUT2D eigenvalue weighted by Gasteiger charge is 2.12. The van der Waals surface area contributed by atoms with E-state index in [9.17, 15) is 4.79 Å². The predicted octanol–water partition coefficient (Wildman–Crippen LogP) is 3.69. The number of nitrogens with zero attached hydrogens (tertiary/aromatic N) is 2. The van der Waals surface area contributed by atoms with Crippen LogP contribution in [0.15, 0.2) is 30.6 Å². The first-order valence-corrected chi connectivity index (χ1v) is 5.93. The Hall–Kier alpha value is -1.36. The van der Waals surface area contributed by atoms with Gasteiger partial charge in [0.15, 0.2) is 0 Å². The van der Waals surface area contributed by atoms with Crippen LogP contribution in [0.5, 0.6) is 0 Å². The van der Waals surface area contributed by atoms with Gasteiger partial charge in [-0.05, 0) is 18.2 Å². The van der Waals surface area contributed by atoms with Crippen LogP contribution >= 0.6 is 34.8 Å². The van der Waals surface area contributed by atoms with Gasteiger partial charge in [0.1, 0.15) is 17.3 Å².